The van der Waals surface area contributed by atoms with Gasteiger partial charge in [-0.25, -0.2) is 0 Å². The number of nitrogens with zero attached hydrogens (tertiary/aromatic N) is 4. The zero-order chi connectivity index (χ0) is 24.5. The molecule has 0 saturated carbocycles. The maximum Gasteiger partial charge on any atom is 0.253 e. The first-order valence-corrected chi connectivity index (χ1v) is 12.4. The Labute approximate surface area is 212 Å². The summed E-state index contributed by atoms with van der Waals surface area (Å²) in [5, 5.41) is 0. The van der Waals surface area contributed by atoms with Crippen molar-refractivity contribution < 1.29 is 4.79 Å². The molecule has 2 heterocycles. The molecule has 1 amide bonds. The molecule has 0 atom stereocenters. The van der Waals surface area contributed by atoms with Crippen LogP contribution in [0.1, 0.15) is 16.1 Å². The van der Waals surface area contributed by atoms with E-state index in [9.17, 15) is 4.79 Å². The van der Waals surface area contributed by atoms with E-state index < -0.39 is 0 Å². The summed E-state index contributed by atoms with van der Waals surface area (Å²) in [4.78, 5) is 23.0. The van der Waals surface area contributed by atoms with Crippen LogP contribution in [-0.2, 0) is 6.54 Å². The second kappa shape index (κ2) is 12.1. The second-order valence-corrected chi connectivity index (χ2v) is 9.21. The summed E-state index contributed by atoms with van der Waals surface area (Å²) in [5.74, 6) is 0.0658. The van der Waals surface area contributed by atoms with Crippen LogP contribution in [0.15, 0.2) is 121 Å². The van der Waals surface area contributed by atoms with Crippen molar-refractivity contribution in [2.75, 3.05) is 30.5 Å². The van der Waals surface area contributed by atoms with Crippen LogP contribution in [0.25, 0.3) is 0 Å². The van der Waals surface area contributed by atoms with Crippen molar-refractivity contribution >= 4 is 23.5 Å². The first-order chi connectivity index (χ1) is 17.2. The van der Waals surface area contributed by atoms with Crippen LogP contribution < -0.4 is 4.31 Å². The molecule has 6 heteroatoms. The number of pyridine rings is 1. The molecule has 5 nitrogen and oxygen atoms in total. The highest BCUT2D eigenvalue weighted by Gasteiger charge is 2.23. The van der Waals surface area contributed by atoms with E-state index in [1.54, 1.807) is 18.0 Å². The first kappa shape index (κ1) is 24.4. The lowest BCUT2D eigenvalue weighted by Crippen LogP contribution is -2.48. The number of hydrogen-bond acceptors (Lipinski definition) is 5. The number of carbonyl (C=O) groups is 1. The average Bonchev–Trinajstić information content (AvgIpc) is 2.92. The van der Waals surface area contributed by atoms with Crippen molar-refractivity contribution in [3.8, 4) is 0 Å². The lowest BCUT2D eigenvalue weighted by molar-refractivity contribution is 0.0672. The Bertz CT molecular complexity index is 1110. The zero-order valence-electron chi connectivity index (χ0n) is 19.8. The predicted molar refractivity (Wildman–Crippen MR) is 145 cm³/mol. The summed E-state index contributed by atoms with van der Waals surface area (Å²) in [7, 11) is 0. The van der Waals surface area contributed by atoms with Gasteiger partial charge in [0.25, 0.3) is 5.91 Å². The van der Waals surface area contributed by atoms with Gasteiger partial charge in [0.2, 0.25) is 0 Å². The zero-order valence-corrected chi connectivity index (χ0v) is 20.6. The summed E-state index contributed by atoms with van der Waals surface area (Å²) < 4.78 is 2.20. The summed E-state index contributed by atoms with van der Waals surface area (Å²) in [6.07, 6.45) is 7.37. The third-order valence-corrected chi connectivity index (χ3v) is 6.87. The Morgan fingerprint density at radius 1 is 0.914 bits per heavy atom. The number of aromatic nitrogens is 1. The smallest absolute Gasteiger partial charge is 0.253 e. The third kappa shape index (κ3) is 6.43. The molecule has 1 fully saturated rings. The maximum absolute atomic E-state index is 13.2. The van der Waals surface area contributed by atoms with Gasteiger partial charge in [-0.15, -0.1) is 0 Å². The molecule has 4 rings (SSSR count). The molecule has 3 aromatic rings. The lowest BCUT2D eigenvalue weighted by Gasteiger charge is -2.36. The van der Waals surface area contributed by atoms with E-state index in [4.69, 9.17) is 0 Å². The standard InChI is InChI=1S/C29H30N4OS/c1-3-10-26(4-2)31-19-21-32(22-20-31)29(34)24-14-16-27(17-15-24)33(23-25-11-8-9-18-30-25)35-28-12-6-5-7-13-28/h3-18H,1-2,19-23H2/b26-10+. The van der Waals surface area contributed by atoms with Crippen LogP contribution in [-0.4, -0.2) is 46.9 Å². The number of rotatable bonds is 9. The van der Waals surface area contributed by atoms with Gasteiger partial charge in [-0.05, 0) is 72.6 Å². The molecule has 1 aliphatic heterocycles. The number of piperazine rings is 1. The van der Waals surface area contributed by atoms with Crippen molar-refractivity contribution in [2.45, 2.75) is 11.4 Å². The maximum atomic E-state index is 13.2. The van der Waals surface area contributed by atoms with Gasteiger partial charge in [-0.3, -0.25) is 9.78 Å². The van der Waals surface area contributed by atoms with Gasteiger partial charge < -0.3 is 14.1 Å². The van der Waals surface area contributed by atoms with Crippen LogP contribution in [0.3, 0.4) is 0 Å². The molecule has 1 aliphatic rings. The number of allylic oxidation sites excluding steroid dienone is 3. The largest absolute Gasteiger partial charge is 0.368 e. The molecule has 1 aromatic heterocycles. The Balaban J connectivity index is 1.45. The summed E-state index contributed by atoms with van der Waals surface area (Å²) in [5.41, 5.74) is 3.75. The SMILES string of the molecule is C=C/C=C(\C=C)N1CCN(C(=O)c2ccc(N(Cc3ccccn3)Sc3ccccc3)cc2)CC1. The van der Waals surface area contributed by atoms with Crippen LogP contribution >= 0.6 is 11.9 Å². The highest BCUT2D eigenvalue weighted by molar-refractivity contribution is 8.00. The Morgan fingerprint density at radius 2 is 1.60 bits per heavy atom. The molecular formula is C29H30N4OS. The van der Waals surface area contributed by atoms with E-state index in [-0.39, 0.29) is 5.91 Å². The average molecular weight is 483 g/mol. The van der Waals surface area contributed by atoms with Crippen LogP contribution in [0.5, 0.6) is 0 Å². The molecule has 1 saturated heterocycles. The van der Waals surface area contributed by atoms with Gasteiger partial charge >= 0.3 is 0 Å². The minimum atomic E-state index is 0.0658. The number of amides is 1. The summed E-state index contributed by atoms with van der Waals surface area (Å²) in [6.45, 7) is 11.2. The molecule has 178 valence electrons. The lowest BCUT2D eigenvalue weighted by atomic mass is 10.1. The van der Waals surface area contributed by atoms with Crippen molar-refractivity contribution in [1.82, 2.24) is 14.8 Å². The van der Waals surface area contributed by atoms with Crippen molar-refractivity contribution in [3.63, 3.8) is 0 Å². The Morgan fingerprint density at radius 3 is 2.23 bits per heavy atom. The van der Waals surface area contributed by atoms with Crippen molar-refractivity contribution in [3.05, 3.63) is 127 Å². The van der Waals surface area contributed by atoms with E-state index in [0.29, 0.717) is 25.2 Å². The summed E-state index contributed by atoms with van der Waals surface area (Å²) >= 11 is 1.66. The van der Waals surface area contributed by atoms with E-state index in [2.05, 4.69) is 39.5 Å². The van der Waals surface area contributed by atoms with E-state index in [1.807, 2.05) is 83.9 Å². The molecule has 0 spiro atoms. The molecular weight excluding hydrogens is 452 g/mol. The number of hydrogen-bond donors (Lipinski definition) is 0. The van der Waals surface area contributed by atoms with Gasteiger partial charge in [-0.2, -0.15) is 0 Å². The number of anilines is 1. The molecule has 0 bridgehead atoms. The minimum absolute atomic E-state index is 0.0658. The fourth-order valence-corrected chi connectivity index (χ4v) is 4.92. The molecule has 0 aliphatic carbocycles. The third-order valence-electron chi connectivity index (χ3n) is 5.82. The van der Waals surface area contributed by atoms with Gasteiger partial charge in [0.1, 0.15) is 0 Å². The monoisotopic (exact) mass is 482 g/mol. The molecule has 35 heavy (non-hydrogen) atoms. The van der Waals surface area contributed by atoms with Gasteiger partial charge in [0, 0.05) is 54.2 Å². The molecule has 0 N–H and O–H groups in total. The highest BCUT2D eigenvalue weighted by atomic mass is 32.2. The van der Waals surface area contributed by atoms with Gasteiger partial charge in [0.05, 0.1) is 12.2 Å². The second-order valence-electron chi connectivity index (χ2n) is 8.12. The fourth-order valence-electron chi connectivity index (χ4n) is 3.97. The van der Waals surface area contributed by atoms with Crippen LogP contribution in [0, 0.1) is 0 Å². The highest BCUT2D eigenvalue weighted by Crippen LogP contribution is 2.31. The summed E-state index contributed by atoms with van der Waals surface area (Å²) in [6, 6.07) is 24.1. The fraction of sp³-hybridized carbons (Fsp3) is 0.172. The van der Waals surface area contributed by atoms with Gasteiger partial charge in [0.15, 0.2) is 0 Å². The Kier molecular flexibility index (Phi) is 8.41. The number of carbonyl (C=O) groups excluding carboxylic acids is 1. The normalized spacial score (nSPS) is 13.9. The molecule has 0 radical (unpaired) electrons. The first-order valence-electron chi connectivity index (χ1n) is 11.7. The van der Waals surface area contributed by atoms with Crippen molar-refractivity contribution in [1.29, 1.82) is 0 Å². The Hall–Kier alpha value is -3.77. The topological polar surface area (TPSA) is 39.7 Å². The minimum Gasteiger partial charge on any atom is -0.368 e. The van der Waals surface area contributed by atoms with Crippen molar-refractivity contribution in [2.24, 2.45) is 0 Å². The quantitative estimate of drug-likeness (QED) is 0.284. The predicted octanol–water partition coefficient (Wildman–Crippen LogP) is 5.81. The van der Waals surface area contributed by atoms with E-state index in [1.165, 1.54) is 0 Å². The van der Waals surface area contributed by atoms with E-state index in [0.717, 1.165) is 35.1 Å². The number of benzene rings is 2. The molecule has 0 unspecified atom stereocenters. The van der Waals surface area contributed by atoms with Crippen LogP contribution in [0.2, 0.25) is 0 Å². The molecule has 2 aromatic carbocycles. The van der Waals surface area contributed by atoms with Gasteiger partial charge in [-0.1, -0.05) is 43.5 Å². The van der Waals surface area contributed by atoms with Crippen LogP contribution in [0.4, 0.5) is 5.69 Å². The van der Waals surface area contributed by atoms with E-state index >= 15 is 0 Å².